The number of carbonyl (C=O) groups excluding carboxylic acids is 3. The lowest BCUT2D eigenvalue weighted by molar-refractivity contribution is -0.167. The highest BCUT2D eigenvalue weighted by Crippen LogP contribution is 2.17. The summed E-state index contributed by atoms with van der Waals surface area (Å²) < 4.78 is 16.6. The Bertz CT molecular complexity index is 753. The largest absolute Gasteiger partial charge is 0.462 e. The summed E-state index contributed by atoms with van der Waals surface area (Å²) in [6.07, 6.45) is 32.3. The lowest BCUT2D eigenvalue weighted by atomic mass is 9.99. The molecule has 2 unspecified atom stereocenters. The zero-order valence-corrected chi connectivity index (χ0v) is 33.3. The molecule has 0 aromatic carbocycles. The number of ether oxygens (including phenoxy) is 3. The van der Waals surface area contributed by atoms with E-state index in [1.807, 2.05) is 0 Å². The van der Waals surface area contributed by atoms with Gasteiger partial charge in [0.1, 0.15) is 13.2 Å². The molecule has 0 heterocycles. The molecule has 49 heavy (non-hydrogen) atoms. The van der Waals surface area contributed by atoms with Crippen LogP contribution >= 0.6 is 0 Å². The van der Waals surface area contributed by atoms with Crippen LogP contribution in [0.3, 0.4) is 0 Å². The lowest BCUT2D eigenvalue weighted by Crippen LogP contribution is -2.30. The SMILES string of the molecule is CCCCCCCCCCCC(=O)O[C@H](COC(=O)CCCCCCCCCCC(C)CC)COC(=O)CCCCCCCCC(C)CC. The molecular formula is C43H82O6. The van der Waals surface area contributed by atoms with E-state index in [4.69, 9.17) is 14.2 Å². The molecule has 0 rings (SSSR count). The fourth-order valence-electron chi connectivity index (χ4n) is 6.16. The number of hydrogen-bond donors (Lipinski definition) is 0. The van der Waals surface area contributed by atoms with Gasteiger partial charge in [0.25, 0.3) is 0 Å². The van der Waals surface area contributed by atoms with Gasteiger partial charge in [-0.2, -0.15) is 0 Å². The van der Waals surface area contributed by atoms with Gasteiger partial charge in [-0.3, -0.25) is 14.4 Å². The third-order valence-corrected chi connectivity index (χ3v) is 10.2. The van der Waals surface area contributed by atoms with Gasteiger partial charge in [0, 0.05) is 19.3 Å². The first-order valence-electron chi connectivity index (χ1n) is 21.3. The summed E-state index contributed by atoms with van der Waals surface area (Å²) in [6, 6.07) is 0. The molecule has 290 valence electrons. The van der Waals surface area contributed by atoms with Crippen molar-refractivity contribution < 1.29 is 28.6 Å². The molecule has 0 N–H and O–H groups in total. The number of hydrogen-bond acceptors (Lipinski definition) is 6. The quantitative estimate of drug-likeness (QED) is 0.0366. The Hall–Kier alpha value is -1.59. The molecule has 0 aliphatic carbocycles. The molecular weight excluding hydrogens is 612 g/mol. The van der Waals surface area contributed by atoms with Crippen LogP contribution in [0.1, 0.15) is 227 Å². The van der Waals surface area contributed by atoms with Crippen molar-refractivity contribution in [2.45, 2.75) is 233 Å². The second kappa shape index (κ2) is 36.2. The van der Waals surface area contributed by atoms with Crippen LogP contribution in [0.15, 0.2) is 0 Å². The first kappa shape index (κ1) is 47.4. The number of unbranched alkanes of at least 4 members (excludes halogenated alkanes) is 20. The zero-order valence-electron chi connectivity index (χ0n) is 33.3. The number of rotatable bonds is 37. The summed E-state index contributed by atoms with van der Waals surface area (Å²) in [5.74, 6) is 0.794. The lowest BCUT2D eigenvalue weighted by Gasteiger charge is -2.18. The molecule has 0 bridgehead atoms. The van der Waals surface area contributed by atoms with Crippen LogP contribution in [0.2, 0.25) is 0 Å². The first-order chi connectivity index (χ1) is 23.8. The average molecular weight is 695 g/mol. The molecule has 0 aliphatic heterocycles. The summed E-state index contributed by atoms with van der Waals surface area (Å²) >= 11 is 0. The predicted octanol–water partition coefficient (Wildman–Crippen LogP) is 13.0. The average Bonchev–Trinajstić information content (AvgIpc) is 3.10. The fourth-order valence-corrected chi connectivity index (χ4v) is 6.16. The van der Waals surface area contributed by atoms with Crippen molar-refractivity contribution >= 4 is 17.9 Å². The highest BCUT2D eigenvalue weighted by Gasteiger charge is 2.19. The first-order valence-corrected chi connectivity index (χ1v) is 21.3. The molecule has 6 nitrogen and oxygen atoms in total. The van der Waals surface area contributed by atoms with Gasteiger partial charge >= 0.3 is 17.9 Å². The van der Waals surface area contributed by atoms with Crippen molar-refractivity contribution in [2.75, 3.05) is 13.2 Å². The Kier molecular flexibility index (Phi) is 35.0. The number of carbonyl (C=O) groups is 3. The molecule has 3 atom stereocenters. The molecule has 6 heteroatoms. The Morgan fingerprint density at radius 1 is 0.408 bits per heavy atom. The second-order valence-corrected chi connectivity index (χ2v) is 15.1. The van der Waals surface area contributed by atoms with Crippen molar-refractivity contribution in [3.8, 4) is 0 Å². The normalized spacial score (nSPS) is 13.2. The maximum atomic E-state index is 12.6. The third kappa shape index (κ3) is 34.6. The van der Waals surface area contributed by atoms with Crippen molar-refractivity contribution in [2.24, 2.45) is 11.8 Å². The Labute approximate surface area is 304 Å². The second-order valence-electron chi connectivity index (χ2n) is 15.1. The highest BCUT2D eigenvalue weighted by atomic mass is 16.6. The Balaban J connectivity index is 4.36. The molecule has 0 aromatic heterocycles. The van der Waals surface area contributed by atoms with E-state index in [0.717, 1.165) is 69.6 Å². The van der Waals surface area contributed by atoms with E-state index in [2.05, 4.69) is 34.6 Å². The van der Waals surface area contributed by atoms with Crippen LogP contribution in [-0.4, -0.2) is 37.2 Å². The van der Waals surface area contributed by atoms with Gasteiger partial charge in [0.2, 0.25) is 0 Å². The minimum absolute atomic E-state index is 0.0666. The van der Waals surface area contributed by atoms with Crippen LogP contribution in [0, 0.1) is 11.8 Å². The van der Waals surface area contributed by atoms with E-state index in [-0.39, 0.29) is 31.1 Å². The summed E-state index contributed by atoms with van der Waals surface area (Å²) in [6.45, 7) is 11.3. The summed E-state index contributed by atoms with van der Waals surface area (Å²) in [4.78, 5) is 37.5. The topological polar surface area (TPSA) is 78.9 Å². The van der Waals surface area contributed by atoms with Gasteiger partial charge in [0.05, 0.1) is 0 Å². The summed E-state index contributed by atoms with van der Waals surface area (Å²) in [5, 5.41) is 0. The van der Waals surface area contributed by atoms with Gasteiger partial charge in [0.15, 0.2) is 6.10 Å². The van der Waals surface area contributed by atoms with Gasteiger partial charge in [-0.05, 0) is 31.1 Å². The van der Waals surface area contributed by atoms with E-state index in [1.165, 1.54) is 116 Å². The predicted molar refractivity (Wildman–Crippen MR) is 206 cm³/mol. The summed E-state index contributed by atoms with van der Waals surface area (Å²) in [5.41, 5.74) is 0. The van der Waals surface area contributed by atoms with Crippen molar-refractivity contribution in [1.82, 2.24) is 0 Å². The molecule has 0 saturated carbocycles. The van der Waals surface area contributed by atoms with Crippen LogP contribution in [0.4, 0.5) is 0 Å². The zero-order chi connectivity index (χ0) is 36.2. The highest BCUT2D eigenvalue weighted by molar-refractivity contribution is 5.71. The molecule has 0 amide bonds. The van der Waals surface area contributed by atoms with E-state index >= 15 is 0 Å². The molecule has 0 aromatic rings. The maximum Gasteiger partial charge on any atom is 0.306 e. The van der Waals surface area contributed by atoms with Crippen molar-refractivity contribution in [1.29, 1.82) is 0 Å². The summed E-state index contributed by atoms with van der Waals surface area (Å²) in [7, 11) is 0. The van der Waals surface area contributed by atoms with Gasteiger partial charge in [-0.1, -0.05) is 189 Å². The Morgan fingerprint density at radius 3 is 1.06 bits per heavy atom. The van der Waals surface area contributed by atoms with Gasteiger partial charge in [-0.15, -0.1) is 0 Å². The van der Waals surface area contributed by atoms with E-state index < -0.39 is 6.10 Å². The van der Waals surface area contributed by atoms with Crippen molar-refractivity contribution in [3.05, 3.63) is 0 Å². The standard InChI is InChI=1S/C43H82O6/c1-6-9-10-11-12-13-18-25-30-35-43(46)49-40(37-48-42(45)34-29-24-20-19-22-27-32-39(5)8-3)36-47-41(44)33-28-23-17-15-14-16-21-26-31-38(4)7-2/h38-40H,6-37H2,1-5H3/t38?,39?,40-/m1/s1. The van der Waals surface area contributed by atoms with E-state index in [9.17, 15) is 14.4 Å². The molecule has 0 saturated heterocycles. The smallest absolute Gasteiger partial charge is 0.306 e. The van der Waals surface area contributed by atoms with Crippen LogP contribution in [-0.2, 0) is 28.6 Å². The Morgan fingerprint density at radius 2 is 0.714 bits per heavy atom. The van der Waals surface area contributed by atoms with Gasteiger partial charge < -0.3 is 14.2 Å². The minimum atomic E-state index is -0.759. The van der Waals surface area contributed by atoms with Crippen LogP contribution in [0.5, 0.6) is 0 Å². The van der Waals surface area contributed by atoms with Crippen LogP contribution in [0.25, 0.3) is 0 Å². The molecule has 0 fully saturated rings. The minimum Gasteiger partial charge on any atom is -0.462 e. The monoisotopic (exact) mass is 695 g/mol. The van der Waals surface area contributed by atoms with E-state index in [1.54, 1.807) is 0 Å². The van der Waals surface area contributed by atoms with E-state index in [0.29, 0.717) is 19.3 Å². The maximum absolute atomic E-state index is 12.6. The molecule has 0 radical (unpaired) electrons. The fraction of sp³-hybridized carbons (Fsp3) is 0.930. The van der Waals surface area contributed by atoms with Crippen LogP contribution < -0.4 is 0 Å². The van der Waals surface area contributed by atoms with Gasteiger partial charge in [-0.25, -0.2) is 0 Å². The van der Waals surface area contributed by atoms with Crippen molar-refractivity contribution in [3.63, 3.8) is 0 Å². The molecule has 0 spiro atoms. The third-order valence-electron chi connectivity index (χ3n) is 10.2. The molecule has 0 aliphatic rings. The number of esters is 3.